The van der Waals surface area contributed by atoms with Gasteiger partial charge in [0.2, 0.25) is 0 Å². The predicted octanol–water partition coefficient (Wildman–Crippen LogP) is 3.07. The molecule has 1 saturated heterocycles. The van der Waals surface area contributed by atoms with Gasteiger partial charge in [0.05, 0.1) is 11.1 Å². The van der Waals surface area contributed by atoms with Crippen molar-refractivity contribution in [2.75, 3.05) is 17.2 Å². The standard InChI is InChI=1S/C16H18N4/c1-11-4-2-3-7-20(11)16-13(10-17)8-12-9-14(18)5-6-15(12)19-16/h5-6,8-9,11H,2-4,7,18H2,1H3. The van der Waals surface area contributed by atoms with E-state index in [1.807, 2.05) is 24.3 Å². The van der Waals surface area contributed by atoms with Crippen LogP contribution in [0.4, 0.5) is 11.5 Å². The second kappa shape index (κ2) is 5.01. The fourth-order valence-corrected chi connectivity index (χ4v) is 2.90. The van der Waals surface area contributed by atoms with Gasteiger partial charge >= 0.3 is 0 Å². The Morgan fingerprint density at radius 1 is 1.35 bits per heavy atom. The van der Waals surface area contributed by atoms with Crippen LogP contribution in [0.3, 0.4) is 0 Å². The zero-order valence-electron chi connectivity index (χ0n) is 11.6. The third kappa shape index (κ3) is 2.16. The third-order valence-corrected chi connectivity index (χ3v) is 4.01. The number of hydrogen-bond acceptors (Lipinski definition) is 4. The number of nitriles is 1. The number of piperidine rings is 1. The van der Waals surface area contributed by atoms with Crippen LogP contribution in [0.15, 0.2) is 24.3 Å². The molecular weight excluding hydrogens is 248 g/mol. The highest BCUT2D eigenvalue weighted by Gasteiger charge is 2.22. The average molecular weight is 266 g/mol. The topological polar surface area (TPSA) is 65.9 Å². The smallest absolute Gasteiger partial charge is 0.147 e. The van der Waals surface area contributed by atoms with Gasteiger partial charge in [0, 0.05) is 23.7 Å². The van der Waals surface area contributed by atoms with E-state index < -0.39 is 0 Å². The molecule has 2 heterocycles. The number of hydrogen-bond donors (Lipinski definition) is 1. The van der Waals surface area contributed by atoms with Crippen LogP contribution < -0.4 is 10.6 Å². The van der Waals surface area contributed by atoms with Gasteiger partial charge in [-0.25, -0.2) is 4.98 Å². The molecule has 2 N–H and O–H groups in total. The Hall–Kier alpha value is -2.28. The van der Waals surface area contributed by atoms with E-state index in [0.29, 0.717) is 17.3 Å². The first kappa shape index (κ1) is 12.7. The summed E-state index contributed by atoms with van der Waals surface area (Å²) >= 11 is 0. The maximum Gasteiger partial charge on any atom is 0.147 e. The summed E-state index contributed by atoms with van der Waals surface area (Å²) in [6.07, 6.45) is 3.58. The normalized spacial score (nSPS) is 19.0. The Kier molecular flexibility index (Phi) is 3.19. The summed E-state index contributed by atoms with van der Waals surface area (Å²) in [5.74, 6) is 0.817. The summed E-state index contributed by atoms with van der Waals surface area (Å²) in [7, 11) is 0. The fraction of sp³-hybridized carbons (Fsp3) is 0.375. The van der Waals surface area contributed by atoms with Gasteiger partial charge in [0.25, 0.3) is 0 Å². The first-order valence-corrected chi connectivity index (χ1v) is 7.06. The van der Waals surface area contributed by atoms with Crippen LogP contribution in [-0.2, 0) is 0 Å². The molecule has 1 aromatic heterocycles. The number of nitrogen functional groups attached to an aromatic ring is 1. The van der Waals surface area contributed by atoms with Gasteiger partial charge in [-0.15, -0.1) is 0 Å². The van der Waals surface area contributed by atoms with Crippen LogP contribution >= 0.6 is 0 Å². The van der Waals surface area contributed by atoms with Crippen LogP contribution in [0.1, 0.15) is 31.7 Å². The number of aromatic nitrogens is 1. The number of anilines is 2. The van der Waals surface area contributed by atoms with E-state index in [1.165, 1.54) is 6.42 Å². The van der Waals surface area contributed by atoms with Gasteiger partial charge in [0.15, 0.2) is 0 Å². The number of fused-ring (bicyclic) bond motifs is 1. The monoisotopic (exact) mass is 266 g/mol. The number of benzene rings is 1. The Balaban J connectivity index is 2.14. The Morgan fingerprint density at radius 2 is 2.20 bits per heavy atom. The first-order valence-electron chi connectivity index (χ1n) is 7.06. The Bertz CT molecular complexity index is 687. The van der Waals surface area contributed by atoms with Crippen molar-refractivity contribution in [3.8, 4) is 6.07 Å². The molecule has 1 atom stereocenters. The zero-order valence-corrected chi connectivity index (χ0v) is 11.6. The van der Waals surface area contributed by atoms with Gasteiger partial charge in [-0.2, -0.15) is 5.26 Å². The van der Waals surface area contributed by atoms with E-state index in [9.17, 15) is 5.26 Å². The second-order valence-corrected chi connectivity index (χ2v) is 5.46. The molecule has 0 saturated carbocycles. The lowest BCUT2D eigenvalue weighted by Crippen LogP contribution is -2.38. The minimum atomic E-state index is 0.439. The Labute approximate surface area is 118 Å². The second-order valence-electron chi connectivity index (χ2n) is 5.46. The highest BCUT2D eigenvalue weighted by atomic mass is 15.2. The van der Waals surface area contributed by atoms with E-state index in [0.717, 1.165) is 36.1 Å². The molecule has 3 rings (SSSR count). The van der Waals surface area contributed by atoms with Crippen molar-refractivity contribution in [3.05, 3.63) is 29.8 Å². The molecule has 0 spiro atoms. The van der Waals surface area contributed by atoms with Gasteiger partial charge in [-0.3, -0.25) is 0 Å². The van der Waals surface area contributed by atoms with E-state index in [2.05, 4.69) is 17.9 Å². The van der Waals surface area contributed by atoms with Gasteiger partial charge < -0.3 is 10.6 Å². The molecule has 1 aliphatic rings. The molecule has 0 bridgehead atoms. The van der Waals surface area contributed by atoms with E-state index in [-0.39, 0.29) is 0 Å². The first-order chi connectivity index (χ1) is 9.69. The van der Waals surface area contributed by atoms with Crippen LogP contribution in [0.25, 0.3) is 10.9 Å². The lowest BCUT2D eigenvalue weighted by Gasteiger charge is -2.35. The molecule has 20 heavy (non-hydrogen) atoms. The molecule has 1 aromatic carbocycles. The van der Waals surface area contributed by atoms with E-state index in [4.69, 9.17) is 10.7 Å². The summed E-state index contributed by atoms with van der Waals surface area (Å²) < 4.78 is 0. The van der Waals surface area contributed by atoms with Crippen molar-refractivity contribution >= 4 is 22.4 Å². The van der Waals surface area contributed by atoms with Crippen molar-refractivity contribution in [1.82, 2.24) is 4.98 Å². The molecule has 0 radical (unpaired) electrons. The van der Waals surface area contributed by atoms with E-state index in [1.54, 1.807) is 0 Å². The maximum absolute atomic E-state index is 9.42. The van der Waals surface area contributed by atoms with Crippen LogP contribution in [-0.4, -0.2) is 17.6 Å². The van der Waals surface area contributed by atoms with E-state index >= 15 is 0 Å². The molecular formula is C16H18N4. The maximum atomic E-state index is 9.42. The molecule has 0 amide bonds. The third-order valence-electron chi connectivity index (χ3n) is 4.01. The number of pyridine rings is 1. The summed E-state index contributed by atoms with van der Waals surface area (Å²) in [5.41, 5.74) is 8.02. The van der Waals surface area contributed by atoms with Crippen molar-refractivity contribution in [3.63, 3.8) is 0 Å². The lowest BCUT2D eigenvalue weighted by molar-refractivity contribution is 0.481. The molecule has 2 aromatic rings. The minimum absolute atomic E-state index is 0.439. The van der Waals surface area contributed by atoms with Gasteiger partial charge in [0.1, 0.15) is 11.9 Å². The number of nitrogens with two attached hydrogens (primary N) is 1. The van der Waals surface area contributed by atoms with Crippen LogP contribution in [0.2, 0.25) is 0 Å². The molecule has 1 fully saturated rings. The zero-order chi connectivity index (χ0) is 14.1. The van der Waals surface area contributed by atoms with Crippen molar-refractivity contribution in [2.24, 2.45) is 0 Å². The molecule has 4 heteroatoms. The van der Waals surface area contributed by atoms with Crippen molar-refractivity contribution < 1.29 is 0 Å². The highest BCUT2D eigenvalue weighted by molar-refractivity contribution is 5.85. The fourth-order valence-electron chi connectivity index (χ4n) is 2.90. The largest absolute Gasteiger partial charge is 0.399 e. The van der Waals surface area contributed by atoms with Crippen LogP contribution in [0.5, 0.6) is 0 Å². The van der Waals surface area contributed by atoms with Crippen molar-refractivity contribution in [2.45, 2.75) is 32.2 Å². The molecule has 102 valence electrons. The van der Waals surface area contributed by atoms with Crippen molar-refractivity contribution in [1.29, 1.82) is 5.26 Å². The number of nitrogens with zero attached hydrogens (tertiary/aromatic N) is 3. The van der Waals surface area contributed by atoms with Gasteiger partial charge in [-0.05, 0) is 50.5 Å². The quantitative estimate of drug-likeness (QED) is 0.805. The SMILES string of the molecule is CC1CCCCN1c1nc2ccc(N)cc2cc1C#N. The summed E-state index contributed by atoms with van der Waals surface area (Å²) in [4.78, 5) is 6.97. The Morgan fingerprint density at radius 3 is 2.95 bits per heavy atom. The summed E-state index contributed by atoms with van der Waals surface area (Å²) in [6, 6.07) is 10.3. The number of rotatable bonds is 1. The molecule has 0 aliphatic carbocycles. The minimum Gasteiger partial charge on any atom is -0.399 e. The summed E-state index contributed by atoms with van der Waals surface area (Å²) in [6.45, 7) is 3.18. The summed E-state index contributed by atoms with van der Waals surface area (Å²) in [5, 5.41) is 10.3. The van der Waals surface area contributed by atoms with Gasteiger partial charge in [-0.1, -0.05) is 0 Å². The molecule has 1 aliphatic heterocycles. The lowest BCUT2D eigenvalue weighted by atomic mass is 10.0. The molecule has 4 nitrogen and oxygen atoms in total. The highest BCUT2D eigenvalue weighted by Crippen LogP contribution is 2.29. The molecule has 1 unspecified atom stereocenters. The average Bonchev–Trinajstić information content (AvgIpc) is 2.46. The van der Waals surface area contributed by atoms with Crippen LogP contribution in [0, 0.1) is 11.3 Å². The predicted molar refractivity (Wildman–Crippen MR) is 81.5 cm³/mol.